The van der Waals surface area contributed by atoms with Gasteiger partial charge in [0.25, 0.3) is 5.56 Å². The number of fused-ring (bicyclic) bond motifs is 1. The first kappa shape index (κ1) is 10.1. The predicted molar refractivity (Wildman–Crippen MR) is 58.4 cm³/mol. The van der Waals surface area contributed by atoms with Gasteiger partial charge < -0.3 is 0 Å². The first-order chi connectivity index (χ1) is 7.65. The van der Waals surface area contributed by atoms with Crippen LogP contribution in [-0.4, -0.2) is 10.2 Å². The highest BCUT2D eigenvalue weighted by atomic mass is 16.1. The minimum atomic E-state index is -0.387. The third-order valence-electron chi connectivity index (χ3n) is 2.37. The summed E-state index contributed by atoms with van der Waals surface area (Å²) in [5.41, 5.74) is 0.493. The molecule has 0 N–H and O–H groups in total. The molecule has 2 rings (SSSR count). The fourth-order valence-electron chi connectivity index (χ4n) is 1.59. The second kappa shape index (κ2) is 3.63. The molecule has 2 aromatic rings. The van der Waals surface area contributed by atoms with E-state index in [1.807, 2.05) is 6.07 Å². The van der Waals surface area contributed by atoms with Gasteiger partial charge in [-0.2, -0.15) is 5.26 Å². The van der Waals surface area contributed by atoms with Gasteiger partial charge in [-0.25, -0.2) is 0 Å². The molecule has 78 valence electrons. The molecule has 16 heavy (non-hydrogen) atoms. The van der Waals surface area contributed by atoms with Gasteiger partial charge in [-0.15, -0.1) is 0 Å². The fourth-order valence-corrected chi connectivity index (χ4v) is 1.59. The Morgan fingerprint density at radius 1 is 1.44 bits per heavy atom. The van der Waals surface area contributed by atoms with Crippen molar-refractivity contribution in [2.24, 2.45) is 0 Å². The zero-order chi connectivity index (χ0) is 11.7. The molecule has 2 heterocycles. The Morgan fingerprint density at radius 2 is 2.19 bits per heavy atom. The van der Waals surface area contributed by atoms with Crippen LogP contribution in [0, 0.1) is 11.3 Å². The molecule has 0 bridgehead atoms. The lowest BCUT2D eigenvalue weighted by Gasteiger charge is -2.04. The highest BCUT2D eigenvalue weighted by molar-refractivity contribution is 5.94. The van der Waals surface area contributed by atoms with Crippen LogP contribution in [0.1, 0.15) is 22.8 Å². The number of ketones is 1. The van der Waals surface area contributed by atoms with Crippen molar-refractivity contribution in [3.8, 4) is 6.07 Å². The second-order valence-corrected chi connectivity index (χ2v) is 3.40. The van der Waals surface area contributed by atoms with Crippen molar-refractivity contribution in [2.45, 2.75) is 6.92 Å². The first-order valence-corrected chi connectivity index (χ1v) is 4.70. The molecule has 0 aliphatic carbocycles. The van der Waals surface area contributed by atoms with Crippen LogP contribution < -0.4 is 5.56 Å². The van der Waals surface area contributed by atoms with E-state index < -0.39 is 0 Å². The molecule has 4 heteroatoms. The van der Waals surface area contributed by atoms with Gasteiger partial charge in [0.15, 0.2) is 5.78 Å². The molecular formula is C12H8N2O2. The van der Waals surface area contributed by atoms with Crippen molar-refractivity contribution in [3.63, 3.8) is 0 Å². The summed E-state index contributed by atoms with van der Waals surface area (Å²) < 4.78 is 1.31. The van der Waals surface area contributed by atoms with E-state index >= 15 is 0 Å². The van der Waals surface area contributed by atoms with Crippen molar-refractivity contribution < 1.29 is 4.79 Å². The van der Waals surface area contributed by atoms with E-state index in [0.29, 0.717) is 11.1 Å². The molecule has 4 nitrogen and oxygen atoms in total. The van der Waals surface area contributed by atoms with Crippen molar-refractivity contribution in [3.05, 3.63) is 51.9 Å². The highest BCUT2D eigenvalue weighted by Gasteiger charge is 2.11. The monoisotopic (exact) mass is 212 g/mol. The standard InChI is InChI=1S/C12H8N2O2/c1-8(15)10-6-9(7-13)11-4-2-3-5-14(11)12(10)16/h2-6H,1H3. The normalized spacial score (nSPS) is 10.0. The van der Waals surface area contributed by atoms with Crippen LogP contribution in [0.5, 0.6) is 0 Å². The minimum absolute atomic E-state index is 0.0419. The third-order valence-corrected chi connectivity index (χ3v) is 2.37. The van der Waals surface area contributed by atoms with E-state index in [9.17, 15) is 9.59 Å². The fraction of sp³-hybridized carbons (Fsp3) is 0.0833. The summed E-state index contributed by atoms with van der Waals surface area (Å²) >= 11 is 0. The number of pyridine rings is 2. The van der Waals surface area contributed by atoms with Crippen molar-refractivity contribution in [2.75, 3.05) is 0 Å². The van der Waals surface area contributed by atoms with E-state index in [1.165, 1.54) is 17.4 Å². The summed E-state index contributed by atoms with van der Waals surface area (Å²) in [4.78, 5) is 23.1. The number of rotatable bonds is 1. The second-order valence-electron chi connectivity index (χ2n) is 3.40. The third kappa shape index (κ3) is 1.39. The quantitative estimate of drug-likeness (QED) is 0.671. The van der Waals surface area contributed by atoms with Crippen molar-refractivity contribution in [1.29, 1.82) is 5.26 Å². The summed E-state index contributed by atoms with van der Waals surface area (Å²) in [6, 6.07) is 8.42. The number of carbonyl (C=O) groups excluding carboxylic acids is 1. The molecule has 0 spiro atoms. The highest BCUT2D eigenvalue weighted by Crippen LogP contribution is 2.09. The van der Waals surface area contributed by atoms with E-state index in [-0.39, 0.29) is 16.9 Å². The van der Waals surface area contributed by atoms with E-state index in [2.05, 4.69) is 0 Å². The van der Waals surface area contributed by atoms with Crippen molar-refractivity contribution in [1.82, 2.24) is 4.40 Å². The molecule has 0 aromatic carbocycles. The number of aromatic nitrogens is 1. The van der Waals surface area contributed by atoms with Crippen LogP contribution in [0.15, 0.2) is 35.3 Å². The number of hydrogen-bond donors (Lipinski definition) is 0. The van der Waals surface area contributed by atoms with Gasteiger partial charge in [0.05, 0.1) is 16.6 Å². The van der Waals surface area contributed by atoms with Crippen LogP contribution in [0.4, 0.5) is 0 Å². The molecule has 2 aromatic heterocycles. The zero-order valence-electron chi connectivity index (χ0n) is 8.60. The minimum Gasteiger partial charge on any atom is -0.294 e. The summed E-state index contributed by atoms with van der Waals surface area (Å²) in [7, 11) is 0. The molecule has 0 amide bonds. The molecule has 0 saturated carbocycles. The first-order valence-electron chi connectivity index (χ1n) is 4.70. The Morgan fingerprint density at radius 3 is 2.81 bits per heavy atom. The van der Waals surface area contributed by atoms with Crippen LogP contribution in [0.2, 0.25) is 0 Å². The van der Waals surface area contributed by atoms with E-state index in [1.54, 1.807) is 24.4 Å². The zero-order valence-corrected chi connectivity index (χ0v) is 8.60. The van der Waals surface area contributed by atoms with Crippen LogP contribution >= 0.6 is 0 Å². The lowest BCUT2D eigenvalue weighted by atomic mass is 10.1. The maximum atomic E-state index is 11.9. The molecule has 0 atom stereocenters. The lowest BCUT2D eigenvalue weighted by molar-refractivity contribution is 0.101. The average molecular weight is 212 g/mol. The molecular weight excluding hydrogens is 204 g/mol. The Balaban J connectivity index is 3.02. The maximum absolute atomic E-state index is 11.9. The molecule has 0 aliphatic heterocycles. The number of nitrogens with zero attached hydrogens (tertiary/aromatic N) is 2. The van der Waals surface area contributed by atoms with Gasteiger partial charge in [0.1, 0.15) is 6.07 Å². The van der Waals surface area contributed by atoms with Gasteiger partial charge in [-0.1, -0.05) is 6.07 Å². The number of nitriles is 1. The number of carbonyl (C=O) groups is 1. The van der Waals surface area contributed by atoms with Crippen molar-refractivity contribution >= 4 is 11.3 Å². The summed E-state index contributed by atoms with van der Waals surface area (Å²) in [5, 5.41) is 8.96. The van der Waals surface area contributed by atoms with E-state index in [4.69, 9.17) is 5.26 Å². The van der Waals surface area contributed by atoms with Crippen LogP contribution in [-0.2, 0) is 0 Å². The van der Waals surface area contributed by atoms with Gasteiger partial charge in [-0.05, 0) is 25.1 Å². The largest absolute Gasteiger partial charge is 0.294 e. The Bertz CT molecular complexity index is 677. The summed E-state index contributed by atoms with van der Waals surface area (Å²) in [5.74, 6) is -0.334. The number of hydrogen-bond acceptors (Lipinski definition) is 3. The van der Waals surface area contributed by atoms with Gasteiger partial charge in [-0.3, -0.25) is 14.0 Å². The Hall–Kier alpha value is -2.41. The van der Waals surface area contributed by atoms with Gasteiger partial charge in [0.2, 0.25) is 0 Å². The van der Waals surface area contributed by atoms with E-state index in [0.717, 1.165) is 0 Å². The van der Waals surface area contributed by atoms with Crippen LogP contribution in [0.25, 0.3) is 5.52 Å². The molecule has 0 fully saturated rings. The molecule has 0 unspecified atom stereocenters. The van der Waals surface area contributed by atoms with Gasteiger partial charge in [0, 0.05) is 6.20 Å². The smallest absolute Gasteiger partial charge is 0.266 e. The summed E-state index contributed by atoms with van der Waals surface area (Å²) in [6.45, 7) is 1.31. The summed E-state index contributed by atoms with van der Waals surface area (Å²) in [6.07, 6.45) is 1.55. The molecule has 0 saturated heterocycles. The Labute approximate surface area is 91.4 Å². The average Bonchev–Trinajstić information content (AvgIpc) is 2.29. The maximum Gasteiger partial charge on any atom is 0.266 e. The SMILES string of the molecule is CC(=O)c1cc(C#N)c2ccccn2c1=O. The van der Waals surface area contributed by atoms with Gasteiger partial charge >= 0.3 is 0 Å². The topological polar surface area (TPSA) is 62.3 Å². The van der Waals surface area contributed by atoms with Crippen LogP contribution in [0.3, 0.4) is 0 Å². The Kier molecular flexibility index (Phi) is 2.29. The predicted octanol–water partition coefficient (Wildman–Crippen LogP) is 1.37. The number of Topliss-reactive ketones (excluding diaryl/α,β-unsaturated/α-hetero) is 1. The molecule has 0 radical (unpaired) electrons. The molecule has 0 aliphatic rings. The lowest BCUT2D eigenvalue weighted by Crippen LogP contribution is -2.21.